The number of anilines is 1. The maximum Gasteiger partial charge on any atom is 0.510 e. The molecule has 0 aliphatic heterocycles. The third kappa shape index (κ3) is 20.5. The third-order valence-electron chi connectivity index (χ3n) is 8.02. The molecule has 2 aromatic heterocycles. The highest BCUT2D eigenvalue weighted by atomic mass is 32.2. The first-order valence-electron chi connectivity index (χ1n) is 18.6. The molecular formula is C35H64N5O7PS. The molecule has 282 valence electrons. The van der Waals surface area contributed by atoms with Gasteiger partial charge in [0, 0.05) is 0 Å². The van der Waals surface area contributed by atoms with Gasteiger partial charge in [0.1, 0.15) is 18.2 Å². The number of nitrogens with zero attached hydrogens (tertiary/aromatic N) is 4. The fourth-order valence-corrected chi connectivity index (χ4v) is 7.56. The fourth-order valence-electron chi connectivity index (χ4n) is 5.26. The number of hydrogen-bond donors (Lipinski definition) is 1. The Morgan fingerprint density at radius 2 is 1.43 bits per heavy atom. The average Bonchev–Trinajstić information content (AvgIpc) is 3.48. The summed E-state index contributed by atoms with van der Waals surface area (Å²) in [7, 11) is -3.74. The maximum absolute atomic E-state index is 13.5. The zero-order chi connectivity index (χ0) is 35.6. The molecule has 0 saturated carbocycles. The molecule has 2 heterocycles. The van der Waals surface area contributed by atoms with Crippen molar-refractivity contribution in [1.29, 1.82) is 0 Å². The number of unbranched alkanes of at least 4 members (excludes halogenated alkanes) is 15. The van der Waals surface area contributed by atoms with Crippen molar-refractivity contribution >= 4 is 42.5 Å². The quantitative estimate of drug-likeness (QED) is 0.0340. The zero-order valence-corrected chi connectivity index (χ0v) is 32.4. The van der Waals surface area contributed by atoms with Crippen molar-refractivity contribution in [3.8, 4) is 0 Å². The number of nitrogen functional groups attached to an aromatic ring is 1. The van der Waals surface area contributed by atoms with Gasteiger partial charge in [0.25, 0.3) is 0 Å². The smallest absolute Gasteiger partial charge is 0.432 e. The van der Waals surface area contributed by atoms with E-state index in [0.29, 0.717) is 23.5 Å². The molecule has 12 nitrogen and oxygen atoms in total. The molecule has 49 heavy (non-hydrogen) atoms. The summed E-state index contributed by atoms with van der Waals surface area (Å²) in [6.07, 6.45) is 23.4. The van der Waals surface area contributed by atoms with Crippen LogP contribution in [0.4, 0.5) is 10.6 Å². The Kier molecular flexibility index (Phi) is 23.7. The molecule has 0 amide bonds. The van der Waals surface area contributed by atoms with E-state index < -0.39 is 26.6 Å². The molecular weight excluding hydrogens is 665 g/mol. The lowest BCUT2D eigenvalue weighted by atomic mass is 10.0. The number of nitrogens with two attached hydrogens (primary N) is 1. The predicted octanol–water partition coefficient (Wildman–Crippen LogP) is 9.90. The number of carbonyl (C=O) groups excluding carboxylic acids is 1. The van der Waals surface area contributed by atoms with Crippen molar-refractivity contribution in [1.82, 2.24) is 19.5 Å². The molecule has 0 spiro atoms. The lowest BCUT2D eigenvalue weighted by molar-refractivity contribution is -0.0181. The average molecular weight is 730 g/mol. The van der Waals surface area contributed by atoms with Crippen LogP contribution in [0.3, 0.4) is 0 Å². The molecule has 0 bridgehead atoms. The highest BCUT2D eigenvalue weighted by Crippen LogP contribution is 2.48. The second-order valence-corrected chi connectivity index (χ2v) is 16.2. The first-order chi connectivity index (χ1) is 23.7. The Balaban J connectivity index is 1.57. The van der Waals surface area contributed by atoms with Crippen LogP contribution in [0.2, 0.25) is 0 Å². The topological polar surface area (TPSA) is 150 Å². The van der Waals surface area contributed by atoms with Gasteiger partial charge in [-0.25, -0.2) is 19.7 Å². The van der Waals surface area contributed by atoms with Crippen molar-refractivity contribution in [2.75, 3.05) is 37.0 Å². The van der Waals surface area contributed by atoms with Crippen LogP contribution < -0.4 is 5.73 Å². The van der Waals surface area contributed by atoms with E-state index in [0.717, 1.165) is 18.6 Å². The first kappa shape index (κ1) is 43.2. The van der Waals surface area contributed by atoms with E-state index in [2.05, 4.69) is 21.9 Å². The van der Waals surface area contributed by atoms with Gasteiger partial charge in [-0.15, -0.1) is 0 Å². The summed E-state index contributed by atoms with van der Waals surface area (Å²) in [6.45, 7) is 7.56. The number of aromatic nitrogens is 4. The normalized spacial score (nSPS) is 13.6. The maximum atomic E-state index is 13.5. The van der Waals surface area contributed by atoms with Crippen molar-refractivity contribution in [2.24, 2.45) is 0 Å². The number of fused-ring (bicyclic) bond motifs is 1. The van der Waals surface area contributed by atoms with E-state index in [9.17, 15) is 9.36 Å². The van der Waals surface area contributed by atoms with Crippen molar-refractivity contribution < 1.29 is 32.6 Å². The number of carbonyl (C=O) groups is 1. The molecule has 0 unspecified atom stereocenters. The van der Waals surface area contributed by atoms with Crippen LogP contribution in [0.1, 0.15) is 137 Å². The lowest BCUT2D eigenvalue weighted by Crippen LogP contribution is -2.19. The third-order valence-corrected chi connectivity index (χ3v) is 10.7. The molecule has 0 saturated heterocycles. The van der Waals surface area contributed by atoms with E-state index >= 15 is 0 Å². The van der Waals surface area contributed by atoms with Crippen LogP contribution in [-0.2, 0) is 34.4 Å². The molecule has 0 aliphatic carbocycles. The van der Waals surface area contributed by atoms with E-state index in [4.69, 9.17) is 29.0 Å². The largest absolute Gasteiger partial charge is 0.510 e. The van der Waals surface area contributed by atoms with E-state index in [1.165, 1.54) is 108 Å². The van der Waals surface area contributed by atoms with Crippen LogP contribution in [-0.4, -0.2) is 69.1 Å². The van der Waals surface area contributed by atoms with Crippen molar-refractivity contribution in [2.45, 2.75) is 156 Å². The molecule has 2 N–H and O–H groups in total. The van der Waals surface area contributed by atoms with E-state index in [-0.39, 0.29) is 19.1 Å². The molecule has 2 atom stereocenters. The molecule has 2 aromatic rings. The van der Waals surface area contributed by atoms with Gasteiger partial charge in [-0.2, -0.15) is 11.8 Å². The second kappa shape index (κ2) is 26.8. The molecule has 2 rings (SSSR count). The second-order valence-electron chi connectivity index (χ2n) is 13.0. The van der Waals surface area contributed by atoms with E-state index in [1.807, 2.05) is 18.7 Å². The summed E-state index contributed by atoms with van der Waals surface area (Å²) in [5.74, 6) is 2.49. The fraction of sp³-hybridized carbons (Fsp3) is 0.829. The lowest BCUT2D eigenvalue weighted by Gasteiger charge is -2.21. The van der Waals surface area contributed by atoms with Crippen LogP contribution in [0, 0.1) is 0 Å². The van der Waals surface area contributed by atoms with Crippen LogP contribution in [0.15, 0.2) is 12.7 Å². The van der Waals surface area contributed by atoms with Gasteiger partial charge in [0.05, 0.1) is 31.7 Å². The minimum atomic E-state index is -3.74. The van der Waals surface area contributed by atoms with Crippen LogP contribution in [0.5, 0.6) is 0 Å². The number of imidazole rings is 1. The Morgan fingerprint density at radius 1 is 0.837 bits per heavy atom. The highest BCUT2D eigenvalue weighted by molar-refractivity contribution is 7.99. The van der Waals surface area contributed by atoms with Crippen LogP contribution in [0.25, 0.3) is 11.2 Å². The number of ether oxygens (including phenoxy) is 3. The summed E-state index contributed by atoms with van der Waals surface area (Å²) in [5, 5.41) is 0. The standard InChI is InChI=1S/C35H64N5O7PS/c1-5-6-7-8-9-10-11-12-13-14-15-16-17-18-20-23-49-24-21-19-22-45-48(42,46-28-43-35(41)47-30(2)3)29-44-31(4)25-40-27-39-32-33(36)37-26-38-34(32)40/h26-27,30-31H,5-25,28-29H2,1-4H3,(H2,36,37,38)/t31-,48-/m1/s1. The van der Waals surface area contributed by atoms with Gasteiger partial charge in [-0.05, 0) is 51.5 Å². The van der Waals surface area contributed by atoms with Gasteiger partial charge < -0.3 is 29.0 Å². The van der Waals surface area contributed by atoms with Crippen molar-refractivity contribution in [3.05, 3.63) is 12.7 Å². The summed E-state index contributed by atoms with van der Waals surface area (Å²) < 4.78 is 42.2. The molecule has 0 aromatic carbocycles. The molecule has 0 radical (unpaired) electrons. The summed E-state index contributed by atoms with van der Waals surface area (Å²) in [5.41, 5.74) is 6.96. The summed E-state index contributed by atoms with van der Waals surface area (Å²) >= 11 is 1.96. The minimum absolute atomic E-state index is 0.243. The van der Waals surface area contributed by atoms with Gasteiger partial charge in [-0.3, -0.25) is 9.09 Å². The van der Waals surface area contributed by atoms with Gasteiger partial charge in [0.2, 0.25) is 6.79 Å². The summed E-state index contributed by atoms with van der Waals surface area (Å²) in [6, 6.07) is 0. The zero-order valence-electron chi connectivity index (χ0n) is 30.7. The monoisotopic (exact) mass is 729 g/mol. The van der Waals surface area contributed by atoms with Gasteiger partial charge in [-0.1, -0.05) is 96.8 Å². The Hall–Kier alpha value is -1.92. The minimum Gasteiger partial charge on any atom is -0.432 e. The SMILES string of the molecule is CCCCCCCCCCCCCCCCCSCCCCO[P@](=O)(CO[C@H](C)Cn1cnc2c(N)ncnc21)OCOC(=O)OC(C)C. The van der Waals surface area contributed by atoms with Gasteiger partial charge >= 0.3 is 13.8 Å². The molecule has 14 heteroatoms. The van der Waals surface area contributed by atoms with Crippen LogP contribution >= 0.6 is 19.4 Å². The molecule has 0 fully saturated rings. The Bertz CT molecular complexity index is 1190. The van der Waals surface area contributed by atoms with E-state index in [1.54, 1.807) is 24.7 Å². The predicted molar refractivity (Wildman–Crippen MR) is 199 cm³/mol. The Morgan fingerprint density at radius 3 is 2.04 bits per heavy atom. The Labute approximate surface area is 299 Å². The number of hydrogen-bond acceptors (Lipinski definition) is 12. The van der Waals surface area contributed by atoms with Gasteiger partial charge in [0.15, 0.2) is 11.5 Å². The highest BCUT2D eigenvalue weighted by Gasteiger charge is 2.28. The van der Waals surface area contributed by atoms with Crippen molar-refractivity contribution in [3.63, 3.8) is 0 Å². The number of thioether (sulfide) groups is 1. The number of rotatable bonds is 31. The first-order valence-corrected chi connectivity index (χ1v) is 21.4. The molecule has 0 aliphatic rings. The summed E-state index contributed by atoms with van der Waals surface area (Å²) in [4.78, 5) is 24.2.